The Bertz CT molecular complexity index is 845. The first-order valence-electron chi connectivity index (χ1n) is 7.24. The first-order chi connectivity index (χ1) is 12.3. The molecule has 0 aromatic heterocycles. The molecule has 0 heterocycles. The van der Waals surface area contributed by atoms with E-state index >= 15 is 0 Å². The molecule has 10 nitrogen and oxygen atoms in total. The molecule has 0 bridgehead atoms. The topological polar surface area (TPSA) is 128 Å². The summed E-state index contributed by atoms with van der Waals surface area (Å²) in [4.78, 5) is 38.5. The molecule has 0 aliphatic rings. The highest BCUT2D eigenvalue weighted by Crippen LogP contribution is 2.23. The maximum atomic E-state index is 11.9. The van der Waals surface area contributed by atoms with Crippen molar-refractivity contribution in [1.82, 2.24) is 0 Å². The van der Waals surface area contributed by atoms with Crippen molar-refractivity contribution in [2.75, 3.05) is 19.0 Å². The molecule has 0 saturated heterocycles. The minimum atomic E-state index is -1.04. The van der Waals surface area contributed by atoms with Gasteiger partial charge in [-0.3, -0.25) is 20.2 Å². The molecule has 0 aliphatic carbocycles. The fourth-order valence-corrected chi connectivity index (χ4v) is 1.97. The number of benzene rings is 2. The molecule has 0 fully saturated rings. The molecule has 10 heteroatoms. The molecule has 0 saturated carbocycles. The Labute approximate surface area is 147 Å². The van der Waals surface area contributed by atoms with Crippen LogP contribution in [0.25, 0.3) is 0 Å². The Morgan fingerprint density at radius 2 is 1.58 bits per heavy atom. The lowest BCUT2D eigenvalue weighted by Crippen LogP contribution is -2.08. The average molecular weight is 358 g/mol. The monoisotopic (exact) mass is 358 g/mol. The summed E-state index contributed by atoms with van der Waals surface area (Å²) in [7, 11) is 3.78. The summed E-state index contributed by atoms with van der Waals surface area (Å²) in [5, 5.41) is 25.2. The molecule has 0 N–H and O–H groups in total. The van der Waals surface area contributed by atoms with Gasteiger partial charge in [-0.25, -0.2) is 4.79 Å². The molecule has 0 aliphatic heterocycles. The summed E-state index contributed by atoms with van der Waals surface area (Å²) < 4.78 is 0. The molecule has 0 spiro atoms. The normalized spacial score (nSPS) is 10.5. The number of carbonyl (C=O) groups excluding carboxylic acids is 1. The number of nitro benzene ring substituents is 2. The summed E-state index contributed by atoms with van der Waals surface area (Å²) in [6, 6.07) is 9.72. The SMILES string of the molecule is CN(C)c1ccc(/C=N\OC(=O)c2cc([N+](=O)[O-])cc([N+](=O)[O-])c2)cc1. The standard InChI is InChI=1S/C16H14N4O6/c1-18(2)13-5-3-11(4-6-13)10-17-26-16(21)12-7-14(19(22)23)9-15(8-12)20(24)25/h3-10H,1-2H3/b17-10-. The van der Waals surface area contributed by atoms with Gasteiger partial charge in [0.25, 0.3) is 11.4 Å². The highest BCUT2D eigenvalue weighted by molar-refractivity contribution is 5.91. The number of hydrogen-bond acceptors (Lipinski definition) is 8. The minimum Gasteiger partial charge on any atom is -0.378 e. The van der Waals surface area contributed by atoms with Crippen molar-refractivity contribution in [3.8, 4) is 0 Å². The predicted octanol–water partition coefficient (Wildman–Crippen LogP) is 2.76. The summed E-state index contributed by atoms with van der Waals surface area (Å²) >= 11 is 0. The number of oxime groups is 1. The molecule has 0 radical (unpaired) electrons. The van der Waals surface area contributed by atoms with Gasteiger partial charge >= 0.3 is 5.97 Å². The molecule has 2 rings (SSSR count). The smallest absolute Gasteiger partial charge is 0.366 e. The quantitative estimate of drug-likeness (QED) is 0.336. The van der Waals surface area contributed by atoms with Crippen LogP contribution in [0.4, 0.5) is 17.1 Å². The second-order valence-corrected chi connectivity index (χ2v) is 5.35. The van der Waals surface area contributed by atoms with Gasteiger partial charge in [-0.05, 0) is 17.7 Å². The maximum absolute atomic E-state index is 11.9. The third kappa shape index (κ3) is 4.60. The van der Waals surface area contributed by atoms with Gasteiger partial charge in [0.05, 0.1) is 27.7 Å². The van der Waals surface area contributed by atoms with Crippen LogP contribution in [0.2, 0.25) is 0 Å². The molecule has 2 aromatic rings. The Kier molecular flexibility index (Phi) is 5.58. The van der Waals surface area contributed by atoms with E-state index in [9.17, 15) is 25.0 Å². The van der Waals surface area contributed by atoms with Crippen LogP contribution >= 0.6 is 0 Å². The van der Waals surface area contributed by atoms with Gasteiger partial charge in [-0.1, -0.05) is 17.3 Å². The third-order valence-electron chi connectivity index (χ3n) is 3.31. The Morgan fingerprint density at radius 3 is 2.04 bits per heavy atom. The van der Waals surface area contributed by atoms with E-state index in [0.717, 1.165) is 23.9 Å². The summed E-state index contributed by atoms with van der Waals surface area (Å²) in [6.07, 6.45) is 1.28. The molecule has 0 atom stereocenters. The van der Waals surface area contributed by atoms with Crippen molar-refractivity contribution in [1.29, 1.82) is 0 Å². The second-order valence-electron chi connectivity index (χ2n) is 5.35. The van der Waals surface area contributed by atoms with E-state index in [2.05, 4.69) is 9.99 Å². The van der Waals surface area contributed by atoms with Crippen LogP contribution in [0.3, 0.4) is 0 Å². The number of non-ortho nitro benzene ring substituents is 2. The molecule has 26 heavy (non-hydrogen) atoms. The lowest BCUT2D eigenvalue weighted by atomic mass is 10.2. The van der Waals surface area contributed by atoms with Crippen molar-refractivity contribution in [3.63, 3.8) is 0 Å². The molecular formula is C16H14N4O6. The van der Waals surface area contributed by atoms with Crippen molar-refractivity contribution < 1.29 is 19.5 Å². The number of carbonyl (C=O) groups is 1. The van der Waals surface area contributed by atoms with Gasteiger partial charge in [0.15, 0.2) is 0 Å². The van der Waals surface area contributed by atoms with Gasteiger partial charge in [0.1, 0.15) is 0 Å². The second kappa shape index (κ2) is 7.83. The number of nitrogens with zero attached hydrogens (tertiary/aromatic N) is 4. The summed E-state index contributed by atoms with van der Waals surface area (Å²) in [6.45, 7) is 0. The number of anilines is 1. The van der Waals surface area contributed by atoms with Crippen LogP contribution in [0.5, 0.6) is 0 Å². The highest BCUT2D eigenvalue weighted by Gasteiger charge is 2.20. The molecule has 134 valence electrons. The van der Waals surface area contributed by atoms with E-state index < -0.39 is 27.2 Å². The Morgan fingerprint density at radius 1 is 1.04 bits per heavy atom. The summed E-state index contributed by atoms with van der Waals surface area (Å²) in [5.74, 6) is -1.04. The summed E-state index contributed by atoms with van der Waals surface area (Å²) in [5.41, 5.74) is 0.117. The molecule has 2 aromatic carbocycles. The largest absolute Gasteiger partial charge is 0.378 e. The fraction of sp³-hybridized carbons (Fsp3) is 0.125. The zero-order chi connectivity index (χ0) is 19.3. The Hall–Kier alpha value is -3.82. The lowest BCUT2D eigenvalue weighted by Gasteiger charge is -2.11. The van der Waals surface area contributed by atoms with Gasteiger partial charge in [0.2, 0.25) is 0 Å². The first-order valence-corrected chi connectivity index (χ1v) is 7.24. The lowest BCUT2D eigenvalue weighted by molar-refractivity contribution is -0.394. The molecular weight excluding hydrogens is 344 g/mol. The zero-order valence-electron chi connectivity index (χ0n) is 13.9. The minimum absolute atomic E-state index is 0.342. The van der Waals surface area contributed by atoms with Crippen LogP contribution in [-0.4, -0.2) is 36.1 Å². The van der Waals surface area contributed by atoms with Crippen LogP contribution in [0.1, 0.15) is 15.9 Å². The molecule has 0 amide bonds. The first kappa shape index (κ1) is 18.5. The van der Waals surface area contributed by atoms with Crippen molar-refractivity contribution >= 4 is 29.2 Å². The average Bonchev–Trinajstić information content (AvgIpc) is 2.61. The zero-order valence-corrected chi connectivity index (χ0v) is 13.9. The van der Waals surface area contributed by atoms with Crippen LogP contribution in [-0.2, 0) is 4.84 Å². The van der Waals surface area contributed by atoms with Gasteiger partial charge in [0, 0.05) is 31.9 Å². The van der Waals surface area contributed by atoms with Crippen molar-refractivity contribution in [2.45, 2.75) is 0 Å². The van der Waals surface area contributed by atoms with E-state index in [1.165, 1.54) is 6.21 Å². The van der Waals surface area contributed by atoms with E-state index in [-0.39, 0.29) is 5.56 Å². The Balaban J connectivity index is 2.14. The van der Waals surface area contributed by atoms with Crippen molar-refractivity contribution in [2.24, 2.45) is 5.16 Å². The highest BCUT2D eigenvalue weighted by atomic mass is 16.7. The maximum Gasteiger partial charge on any atom is 0.366 e. The van der Waals surface area contributed by atoms with Gasteiger partial charge in [-0.15, -0.1) is 0 Å². The van der Waals surface area contributed by atoms with E-state index in [1.807, 2.05) is 31.1 Å². The van der Waals surface area contributed by atoms with E-state index in [0.29, 0.717) is 5.56 Å². The van der Waals surface area contributed by atoms with E-state index in [1.54, 1.807) is 12.1 Å². The fourth-order valence-electron chi connectivity index (χ4n) is 1.97. The molecule has 0 unspecified atom stereocenters. The third-order valence-corrected chi connectivity index (χ3v) is 3.31. The van der Waals surface area contributed by atoms with Gasteiger partial charge in [-0.2, -0.15) is 0 Å². The van der Waals surface area contributed by atoms with Crippen LogP contribution in [0, 0.1) is 20.2 Å². The van der Waals surface area contributed by atoms with Crippen molar-refractivity contribution in [3.05, 3.63) is 73.8 Å². The number of hydrogen-bond donors (Lipinski definition) is 0. The van der Waals surface area contributed by atoms with E-state index in [4.69, 9.17) is 0 Å². The number of rotatable bonds is 6. The number of nitro groups is 2. The predicted molar refractivity (Wildman–Crippen MR) is 93.5 cm³/mol. The van der Waals surface area contributed by atoms with Crippen LogP contribution < -0.4 is 4.90 Å². The van der Waals surface area contributed by atoms with Gasteiger partial charge < -0.3 is 9.74 Å². The van der Waals surface area contributed by atoms with Crippen LogP contribution in [0.15, 0.2) is 47.6 Å².